The molecule has 2 rings (SSSR count). The van der Waals surface area contributed by atoms with Crippen molar-refractivity contribution in [3.05, 3.63) is 47.4 Å². The normalized spacial score (nSPS) is 10.6. The molecule has 4 heteroatoms. The van der Waals surface area contributed by atoms with Crippen molar-refractivity contribution in [2.75, 3.05) is 0 Å². The third-order valence-electron chi connectivity index (χ3n) is 2.98. The molecule has 1 heterocycles. The Morgan fingerprint density at radius 2 is 2.06 bits per heavy atom. The van der Waals surface area contributed by atoms with Crippen LogP contribution in [0.15, 0.2) is 30.3 Å². The summed E-state index contributed by atoms with van der Waals surface area (Å²) in [6, 6.07) is 8.17. The highest BCUT2D eigenvalue weighted by atomic mass is 19.1. The van der Waals surface area contributed by atoms with Gasteiger partial charge in [0.25, 0.3) is 0 Å². The molecule has 0 spiro atoms. The van der Waals surface area contributed by atoms with Crippen LogP contribution in [0.4, 0.5) is 4.39 Å². The average Bonchev–Trinajstić information content (AvgIpc) is 2.76. The first-order chi connectivity index (χ1) is 8.54. The number of rotatable bonds is 3. The van der Waals surface area contributed by atoms with Crippen LogP contribution in [-0.4, -0.2) is 15.6 Å². The molecule has 0 saturated carbocycles. The van der Waals surface area contributed by atoms with E-state index in [2.05, 4.69) is 0 Å². The van der Waals surface area contributed by atoms with Crippen LogP contribution in [0, 0.1) is 12.7 Å². The lowest BCUT2D eigenvalue weighted by molar-refractivity contribution is 0.0685. The second-order valence-electron chi connectivity index (χ2n) is 4.12. The number of carboxylic acids is 1. The maximum Gasteiger partial charge on any atom is 0.352 e. The maximum atomic E-state index is 13.5. The summed E-state index contributed by atoms with van der Waals surface area (Å²) in [7, 11) is 0. The van der Waals surface area contributed by atoms with Gasteiger partial charge in [-0.25, -0.2) is 9.18 Å². The Morgan fingerprint density at radius 3 is 2.61 bits per heavy atom. The molecule has 1 N–H and O–H groups in total. The van der Waals surface area contributed by atoms with Gasteiger partial charge in [-0.3, -0.25) is 0 Å². The number of aromatic carboxylic acids is 1. The summed E-state index contributed by atoms with van der Waals surface area (Å²) in [4.78, 5) is 11.1. The Hall–Kier alpha value is -2.10. The van der Waals surface area contributed by atoms with Crippen LogP contribution in [0.3, 0.4) is 0 Å². The second-order valence-corrected chi connectivity index (χ2v) is 4.12. The van der Waals surface area contributed by atoms with E-state index in [-0.39, 0.29) is 11.5 Å². The van der Waals surface area contributed by atoms with Gasteiger partial charge in [-0.05, 0) is 37.6 Å². The first-order valence-corrected chi connectivity index (χ1v) is 5.74. The van der Waals surface area contributed by atoms with Crippen molar-refractivity contribution in [1.29, 1.82) is 0 Å². The molecule has 0 atom stereocenters. The van der Waals surface area contributed by atoms with Gasteiger partial charge >= 0.3 is 5.97 Å². The SMILES string of the molecule is CCn1c(C(=O)O)ccc1-c1ccc(C)c(F)c1. The number of aromatic nitrogens is 1. The number of hydrogen-bond donors (Lipinski definition) is 1. The Kier molecular flexibility index (Phi) is 3.19. The van der Waals surface area contributed by atoms with E-state index in [0.29, 0.717) is 23.4 Å². The van der Waals surface area contributed by atoms with Gasteiger partial charge in [0.1, 0.15) is 11.5 Å². The van der Waals surface area contributed by atoms with E-state index in [9.17, 15) is 9.18 Å². The van der Waals surface area contributed by atoms with Crippen molar-refractivity contribution in [2.24, 2.45) is 0 Å². The zero-order valence-electron chi connectivity index (χ0n) is 10.3. The Bertz CT molecular complexity index is 602. The third kappa shape index (κ3) is 2.01. The predicted octanol–water partition coefficient (Wildman–Crippen LogP) is 3.32. The van der Waals surface area contributed by atoms with Crippen molar-refractivity contribution in [3.8, 4) is 11.3 Å². The molecule has 0 bridgehead atoms. The number of carbonyl (C=O) groups is 1. The van der Waals surface area contributed by atoms with E-state index >= 15 is 0 Å². The molecule has 2 aromatic rings. The van der Waals surface area contributed by atoms with E-state index < -0.39 is 5.97 Å². The van der Waals surface area contributed by atoms with Crippen LogP contribution in [0.25, 0.3) is 11.3 Å². The molecule has 0 radical (unpaired) electrons. The predicted molar refractivity (Wildman–Crippen MR) is 67.2 cm³/mol. The number of halogens is 1. The zero-order chi connectivity index (χ0) is 13.3. The summed E-state index contributed by atoms with van der Waals surface area (Å²) in [6.07, 6.45) is 0. The molecular formula is C14H14FNO2. The Morgan fingerprint density at radius 1 is 1.33 bits per heavy atom. The van der Waals surface area contributed by atoms with E-state index in [4.69, 9.17) is 5.11 Å². The van der Waals surface area contributed by atoms with Crippen molar-refractivity contribution >= 4 is 5.97 Å². The standard InChI is InChI=1S/C14H14FNO2/c1-3-16-12(6-7-13(16)14(17)18)10-5-4-9(2)11(15)8-10/h4-8H,3H2,1-2H3,(H,17,18). The minimum atomic E-state index is -0.976. The van der Waals surface area contributed by atoms with Crippen molar-refractivity contribution in [2.45, 2.75) is 20.4 Å². The van der Waals surface area contributed by atoms with E-state index in [0.717, 1.165) is 0 Å². The summed E-state index contributed by atoms with van der Waals surface area (Å²) in [5, 5.41) is 9.06. The fourth-order valence-electron chi connectivity index (χ4n) is 2.00. The number of nitrogens with zero attached hydrogens (tertiary/aromatic N) is 1. The van der Waals surface area contributed by atoms with Crippen LogP contribution in [0.5, 0.6) is 0 Å². The first-order valence-electron chi connectivity index (χ1n) is 5.74. The largest absolute Gasteiger partial charge is 0.477 e. The molecule has 3 nitrogen and oxygen atoms in total. The van der Waals surface area contributed by atoms with Crippen molar-refractivity contribution in [1.82, 2.24) is 4.57 Å². The second kappa shape index (κ2) is 4.64. The number of hydrogen-bond acceptors (Lipinski definition) is 1. The Balaban J connectivity index is 2.57. The molecule has 0 aliphatic carbocycles. The van der Waals surface area contributed by atoms with Crippen molar-refractivity contribution < 1.29 is 14.3 Å². The van der Waals surface area contributed by atoms with E-state index in [1.54, 1.807) is 35.8 Å². The summed E-state index contributed by atoms with van der Waals surface area (Å²) in [6.45, 7) is 4.08. The van der Waals surface area contributed by atoms with Gasteiger partial charge in [0.2, 0.25) is 0 Å². The quantitative estimate of drug-likeness (QED) is 0.904. The molecule has 0 aliphatic rings. The molecular weight excluding hydrogens is 233 g/mol. The lowest BCUT2D eigenvalue weighted by Crippen LogP contribution is -2.08. The van der Waals surface area contributed by atoms with Gasteiger partial charge in [-0.15, -0.1) is 0 Å². The smallest absolute Gasteiger partial charge is 0.352 e. The molecule has 0 fully saturated rings. The fraction of sp³-hybridized carbons (Fsp3) is 0.214. The van der Waals surface area contributed by atoms with Crippen LogP contribution >= 0.6 is 0 Å². The minimum Gasteiger partial charge on any atom is -0.477 e. The molecule has 0 amide bonds. The lowest BCUT2D eigenvalue weighted by Gasteiger charge is -2.09. The monoisotopic (exact) mass is 247 g/mol. The highest BCUT2D eigenvalue weighted by Crippen LogP contribution is 2.24. The van der Waals surface area contributed by atoms with E-state index in [1.165, 1.54) is 6.07 Å². The summed E-state index contributed by atoms with van der Waals surface area (Å²) < 4.78 is 15.2. The molecule has 0 unspecified atom stereocenters. The van der Waals surface area contributed by atoms with Gasteiger partial charge in [0, 0.05) is 17.8 Å². The lowest BCUT2D eigenvalue weighted by atomic mass is 10.1. The average molecular weight is 247 g/mol. The molecule has 1 aromatic heterocycles. The van der Waals surface area contributed by atoms with Gasteiger partial charge in [-0.2, -0.15) is 0 Å². The summed E-state index contributed by atoms with van der Waals surface area (Å²) in [5.74, 6) is -1.26. The molecule has 1 aromatic carbocycles. The van der Waals surface area contributed by atoms with E-state index in [1.807, 2.05) is 6.92 Å². The first kappa shape index (κ1) is 12.4. The summed E-state index contributed by atoms with van der Waals surface area (Å²) >= 11 is 0. The molecule has 18 heavy (non-hydrogen) atoms. The zero-order valence-corrected chi connectivity index (χ0v) is 10.3. The van der Waals surface area contributed by atoms with Gasteiger partial charge in [0.15, 0.2) is 0 Å². The topological polar surface area (TPSA) is 42.2 Å². The maximum absolute atomic E-state index is 13.5. The molecule has 0 saturated heterocycles. The van der Waals surface area contributed by atoms with Gasteiger partial charge in [0.05, 0.1) is 0 Å². The Labute approximate surface area is 104 Å². The molecule has 94 valence electrons. The minimum absolute atomic E-state index is 0.216. The van der Waals surface area contributed by atoms with Crippen LogP contribution in [0.1, 0.15) is 23.0 Å². The highest BCUT2D eigenvalue weighted by molar-refractivity contribution is 5.87. The van der Waals surface area contributed by atoms with Gasteiger partial charge < -0.3 is 9.67 Å². The van der Waals surface area contributed by atoms with Crippen LogP contribution in [-0.2, 0) is 6.54 Å². The van der Waals surface area contributed by atoms with Crippen molar-refractivity contribution in [3.63, 3.8) is 0 Å². The van der Waals surface area contributed by atoms with Crippen LogP contribution < -0.4 is 0 Å². The fourth-order valence-corrected chi connectivity index (χ4v) is 2.00. The third-order valence-corrected chi connectivity index (χ3v) is 2.98. The molecule has 0 aliphatic heterocycles. The number of benzene rings is 1. The van der Waals surface area contributed by atoms with Gasteiger partial charge in [-0.1, -0.05) is 12.1 Å². The highest BCUT2D eigenvalue weighted by Gasteiger charge is 2.14. The van der Waals surface area contributed by atoms with Crippen LogP contribution in [0.2, 0.25) is 0 Å². The summed E-state index contributed by atoms with van der Waals surface area (Å²) in [5.41, 5.74) is 2.20. The number of carboxylic acid groups (broad SMARTS) is 1. The number of aryl methyl sites for hydroxylation is 1.